The first-order valence-corrected chi connectivity index (χ1v) is 11.6. The van der Waals surface area contributed by atoms with Gasteiger partial charge in [-0.3, -0.25) is 9.59 Å². The normalized spacial score (nSPS) is 18.4. The second kappa shape index (κ2) is 8.61. The molecule has 0 unspecified atom stereocenters. The van der Waals surface area contributed by atoms with Gasteiger partial charge in [0.2, 0.25) is 5.75 Å². The Hall–Kier alpha value is -3.22. The van der Waals surface area contributed by atoms with Crippen molar-refractivity contribution >= 4 is 11.9 Å². The van der Waals surface area contributed by atoms with Crippen LogP contribution in [0, 0.1) is 5.92 Å². The van der Waals surface area contributed by atoms with E-state index in [1.54, 1.807) is 14.2 Å². The van der Waals surface area contributed by atoms with Gasteiger partial charge < -0.3 is 24.3 Å². The van der Waals surface area contributed by atoms with Crippen LogP contribution in [0.15, 0.2) is 30.3 Å². The number of ether oxygens (including phenoxy) is 4. The van der Waals surface area contributed by atoms with Crippen LogP contribution in [0.25, 0.3) is 11.1 Å². The lowest BCUT2D eigenvalue weighted by molar-refractivity contribution is -0.157. The Morgan fingerprint density at radius 1 is 1.00 bits per heavy atom. The first-order chi connectivity index (χ1) is 16.0. The molecule has 7 heteroatoms. The van der Waals surface area contributed by atoms with Gasteiger partial charge in [-0.25, -0.2) is 0 Å². The number of esters is 1. The highest BCUT2D eigenvalue weighted by atomic mass is 16.6. The third-order valence-corrected chi connectivity index (χ3v) is 6.93. The van der Waals surface area contributed by atoms with Gasteiger partial charge in [-0.1, -0.05) is 25.0 Å². The first kappa shape index (κ1) is 21.6. The molecule has 7 nitrogen and oxygen atoms in total. The molecule has 1 amide bonds. The van der Waals surface area contributed by atoms with Crippen molar-refractivity contribution in [3.8, 4) is 28.4 Å². The third kappa shape index (κ3) is 4.01. The van der Waals surface area contributed by atoms with E-state index in [2.05, 4.69) is 5.32 Å². The Labute approximate surface area is 193 Å². The fraction of sp³-hybridized carbons (Fsp3) is 0.462. The monoisotopic (exact) mass is 451 g/mol. The molecule has 2 aliphatic carbocycles. The fourth-order valence-corrected chi connectivity index (χ4v) is 4.84. The van der Waals surface area contributed by atoms with Crippen LogP contribution in [0.2, 0.25) is 0 Å². The van der Waals surface area contributed by atoms with Gasteiger partial charge in [-0.2, -0.15) is 0 Å². The van der Waals surface area contributed by atoms with Gasteiger partial charge in [0.15, 0.2) is 11.5 Å². The average Bonchev–Trinajstić information content (AvgIpc) is 3.21. The minimum atomic E-state index is -0.582. The van der Waals surface area contributed by atoms with E-state index in [9.17, 15) is 9.59 Å². The first-order valence-electron chi connectivity index (χ1n) is 11.6. The van der Waals surface area contributed by atoms with Crippen LogP contribution in [-0.2, 0) is 16.1 Å². The molecule has 0 aromatic heterocycles. The molecule has 0 spiro atoms. The highest BCUT2D eigenvalue weighted by molar-refractivity contribution is 6.01. The lowest BCUT2D eigenvalue weighted by atomic mass is 9.95. The summed E-state index contributed by atoms with van der Waals surface area (Å²) in [6.07, 6.45) is 5.57. The molecule has 2 saturated carbocycles. The Bertz CT molecular complexity index is 1080. The van der Waals surface area contributed by atoms with Crippen LogP contribution < -0.4 is 19.5 Å². The molecule has 0 saturated heterocycles. The van der Waals surface area contributed by atoms with Crippen LogP contribution in [-0.4, -0.2) is 38.3 Å². The number of carbonyl (C=O) groups excluding carboxylic acids is 2. The predicted molar refractivity (Wildman–Crippen MR) is 122 cm³/mol. The largest absolute Gasteiger partial charge is 0.493 e. The minimum absolute atomic E-state index is 0.0151. The van der Waals surface area contributed by atoms with Crippen molar-refractivity contribution < 1.29 is 28.5 Å². The molecule has 2 aromatic rings. The molecule has 3 aliphatic rings. The van der Waals surface area contributed by atoms with E-state index in [1.807, 2.05) is 30.3 Å². The summed E-state index contributed by atoms with van der Waals surface area (Å²) in [6, 6.07) is 9.41. The van der Waals surface area contributed by atoms with Gasteiger partial charge in [-0.15, -0.1) is 0 Å². The van der Waals surface area contributed by atoms with Crippen molar-refractivity contribution in [2.24, 2.45) is 5.92 Å². The number of carbonyl (C=O) groups is 2. The second-order valence-corrected chi connectivity index (χ2v) is 9.07. The zero-order valence-corrected chi connectivity index (χ0v) is 19.1. The lowest BCUT2D eigenvalue weighted by Gasteiger charge is -2.23. The Kier molecular flexibility index (Phi) is 5.64. The van der Waals surface area contributed by atoms with E-state index >= 15 is 0 Å². The molecule has 2 fully saturated rings. The number of hydrogen-bond acceptors (Lipinski definition) is 6. The minimum Gasteiger partial charge on any atom is -0.493 e. The van der Waals surface area contributed by atoms with Crippen LogP contribution >= 0.6 is 0 Å². The van der Waals surface area contributed by atoms with E-state index in [0.29, 0.717) is 29.4 Å². The molecule has 0 atom stereocenters. The Morgan fingerprint density at radius 2 is 1.76 bits per heavy atom. The summed E-state index contributed by atoms with van der Waals surface area (Å²) in [5, 5.41) is 2.89. The number of rotatable bonds is 8. The number of nitrogens with one attached hydrogen (secondary N) is 1. The summed E-state index contributed by atoms with van der Waals surface area (Å²) < 4.78 is 23.5. The Balaban J connectivity index is 1.46. The summed E-state index contributed by atoms with van der Waals surface area (Å²) in [7, 11) is 3.15. The van der Waals surface area contributed by atoms with Gasteiger partial charge >= 0.3 is 5.97 Å². The highest BCUT2D eigenvalue weighted by Crippen LogP contribution is 2.48. The number of hydrogen-bond donors (Lipinski definition) is 1. The molecule has 33 heavy (non-hydrogen) atoms. The second-order valence-electron chi connectivity index (χ2n) is 9.07. The number of benzene rings is 2. The maximum atomic E-state index is 12.6. The van der Waals surface area contributed by atoms with E-state index in [-0.39, 0.29) is 24.4 Å². The van der Waals surface area contributed by atoms with Crippen molar-refractivity contribution in [1.82, 2.24) is 5.32 Å². The molecule has 1 aliphatic heterocycles. The van der Waals surface area contributed by atoms with Gasteiger partial charge in [0.05, 0.1) is 20.1 Å². The van der Waals surface area contributed by atoms with E-state index < -0.39 is 5.60 Å². The van der Waals surface area contributed by atoms with Crippen molar-refractivity contribution in [1.29, 1.82) is 0 Å². The summed E-state index contributed by atoms with van der Waals surface area (Å²) in [5.41, 5.74) is 2.71. The quantitative estimate of drug-likeness (QED) is 0.604. The standard InChI is InChI=1S/C26H29NO6/c1-30-21-11-10-18(17-8-5-9-19-20(17)14-27-24(19)28)22(23(21)31-2)32-15-26(12-13-26)33-25(29)16-6-3-4-7-16/h5,8-11,16H,3-4,6-7,12-15H2,1-2H3,(H,27,28). The van der Waals surface area contributed by atoms with Crippen LogP contribution in [0.5, 0.6) is 17.2 Å². The summed E-state index contributed by atoms with van der Waals surface area (Å²) in [6.45, 7) is 0.704. The van der Waals surface area contributed by atoms with E-state index in [4.69, 9.17) is 18.9 Å². The smallest absolute Gasteiger partial charge is 0.309 e. The molecule has 0 radical (unpaired) electrons. The van der Waals surface area contributed by atoms with Gasteiger partial charge in [0.1, 0.15) is 12.2 Å². The molecule has 0 bridgehead atoms. The topological polar surface area (TPSA) is 83.1 Å². The predicted octanol–water partition coefficient (Wildman–Crippen LogP) is 4.26. The number of amides is 1. The van der Waals surface area contributed by atoms with Crippen molar-refractivity contribution in [3.05, 3.63) is 41.5 Å². The van der Waals surface area contributed by atoms with Crippen molar-refractivity contribution in [3.63, 3.8) is 0 Å². The Morgan fingerprint density at radius 3 is 2.45 bits per heavy atom. The average molecular weight is 452 g/mol. The molecular weight excluding hydrogens is 422 g/mol. The van der Waals surface area contributed by atoms with E-state index in [0.717, 1.165) is 55.2 Å². The number of methoxy groups -OCH3 is 2. The molecule has 5 rings (SSSR count). The number of fused-ring (bicyclic) bond motifs is 1. The lowest BCUT2D eigenvalue weighted by Crippen LogP contribution is -2.30. The van der Waals surface area contributed by atoms with E-state index in [1.165, 1.54) is 0 Å². The van der Waals surface area contributed by atoms with Crippen LogP contribution in [0.4, 0.5) is 0 Å². The molecular formula is C26H29NO6. The van der Waals surface area contributed by atoms with Crippen molar-refractivity contribution in [2.45, 2.75) is 50.7 Å². The SMILES string of the molecule is COc1ccc(-c2cccc3c2CNC3=O)c(OCC2(OC(=O)C3CCCC3)CC2)c1OC. The summed E-state index contributed by atoms with van der Waals surface area (Å²) >= 11 is 0. The third-order valence-electron chi connectivity index (χ3n) is 6.93. The van der Waals surface area contributed by atoms with Crippen LogP contribution in [0.3, 0.4) is 0 Å². The van der Waals surface area contributed by atoms with Gasteiger partial charge in [0.25, 0.3) is 5.91 Å². The zero-order chi connectivity index (χ0) is 23.0. The molecule has 1 heterocycles. The fourth-order valence-electron chi connectivity index (χ4n) is 4.84. The molecule has 1 N–H and O–H groups in total. The molecule has 174 valence electrons. The van der Waals surface area contributed by atoms with Gasteiger partial charge in [0, 0.05) is 17.7 Å². The molecule has 2 aromatic carbocycles. The zero-order valence-electron chi connectivity index (χ0n) is 19.1. The highest BCUT2D eigenvalue weighted by Gasteiger charge is 2.49. The summed E-state index contributed by atoms with van der Waals surface area (Å²) in [5.74, 6) is 1.38. The summed E-state index contributed by atoms with van der Waals surface area (Å²) in [4.78, 5) is 24.8. The maximum Gasteiger partial charge on any atom is 0.309 e. The van der Waals surface area contributed by atoms with Gasteiger partial charge in [-0.05, 0) is 55.0 Å². The van der Waals surface area contributed by atoms with Crippen molar-refractivity contribution in [2.75, 3.05) is 20.8 Å². The van der Waals surface area contributed by atoms with Crippen LogP contribution in [0.1, 0.15) is 54.4 Å². The maximum absolute atomic E-state index is 12.6.